The highest BCUT2D eigenvalue weighted by molar-refractivity contribution is 6.31. The number of methoxy groups -OCH3 is 1. The molecule has 26 heavy (non-hydrogen) atoms. The summed E-state index contributed by atoms with van der Waals surface area (Å²) in [5.74, 6) is 1.55. The van der Waals surface area contributed by atoms with E-state index in [0.29, 0.717) is 23.1 Å². The van der Waals surface area contributed by atoms with E-state index in [4.69, 9.17) is 16.3 Å². The van der Waals surface area contributed by atoms with Crippen LogP contribution >= 0.6 is 11.6 Å². The number of aliphatic hydroxyl groups excluding tert-OH is 1. The van der Waals surface area contributed by atoms with Crippen molar-refractivity contribution in [3.8, 4) is 5.75 Å². The zero-order valence-electron chi connectivity index (χ0n) is 15.4. The maximum absolute atomic E-state index is 10.4. The number of para-hydroxylation sites is 1. The quantitative estimate of drug-likeness (QED) is 0.574. The number of aliphatic imine (C=N–C) groups is 1. The van der Waals surface area contributed by atoms with Crippen molar-refractivity contribution in [1.29, 1.82) is 0 Å². The van der Waals surface area contributed by atoms with Crippen LogP contribution in [0.25, 0.3) is 0 Å². The first-order valence-corrected chi connectivity index (χ1v) is 8.98. The van der Waals surface area contributed by atoms with Gasteiger partial charge in [-0.05, 0) is 19.1 Å². The number of benzene rings is 2. The molecule has 0 fully saturated rings. The van der Waals surface area contributed by atoms with E-state index < -0.39 is 6.10 Å². The predicted molar refractivity (Wildman–Crippen MR) is 107 cm³/mol. The molecule has 0 saturated heterocycles. The van der Waals surface area contributed by atoms with E-state index in [1.807, 2.05) is 61.3 Å². The van der Waals surface area contributed by atoms with E-state index in [9.17, 15) is 5.11 Å². The number of aliphatic hydroxyl groups is 1. The summed E-state index contributed by atoms with van der Waals surface area (Å²) in [4.78, 5) is 6.57. The zero-order valence-corrected chi connectivity index (χ0v) is 16.2. The summed E-state index contributed by atoms with van der Waals surface area (Å²) in [5, 5.41) is 14.2. The number of guanidine groups is 1. The molecule has 0 spiro atoms. The minimum absolute atomic E-state index is 0.225. The van der Waals surface area contributed by atoms with Crippen molar-refractivity contribution in [2.24, 2.45) is 4.99 Å². The van der Waals surface area contributed by atoms with Gasteiger partial charge in [0, 0.05) is 36.3 Å². The second-order valence-corrected chi connectivity index (χ2v) is 6.31. The molecule has 6 heteroatoms. The number of ether oxygens (including phenoxy) is 1. The van der Waals surface area contributed by atoms with Crippen LogP contribution in [0.4, 0.5) is 0 Å². The molecule has 0 aliphatic carbocycles. The van der Waals surface area contributed by atoms with E-state index in [1.165, 1.54) is 0 Å². The lowest BCUT2D eigenvalue weighted by molar-refractivity contribution is 0.186. The third-order valence-corrected chi connectivity index (χ3v) is 4.32. The van der Waals surface area contributed by atoms with E-state index in [-0.39, 0.29) is 6.54 Å². The maximum atomic E-state index is 10.4. The molecule has 1 atom stereocenters. The number of nitrogens with zero attached hydrogens (tertiary/aromatic N) is 2. The minimum atomic E-state index is -0.753. The normalized spacial score (nSPS) is 12.6. The van der Waals surface area contributed by atoms with Crippen molar-refractivity contribution >= 4 is 17.6 Å². The van der Waals surface area contributed by atoms with E-state index >= 15 is 0 Å². The average molecular weight is 376 g/mol. The van der Waals surface area contributed by atoms with Gasteiger partial charge in [-0.15, -0.1) is 0 Å². The van der Waals surface area contributed by atoms with Crippen molar-refractivity contribution < 1.29 is 9.84 Å². The predicted octanol–water partition coefficient (Wildman–Crippen LogP) is 3.48. The van der Waals surface area contributed by atoms with Crippen LogP contribution < -0.4 is 10.1 Å². The molecule has 2 aromatic rings. The Hall–Kier alpha value is -2.24. The molecule has 2 rings (SSSR count). The molecule has 0 aliphatic heterocycles. The molecule has 0 aromatic heterocycles. The summed E-state index contributed by atoms with van der Waals surface area (Å²) in [5.41, 5.74) is 1.75. The van der Waals surface area contributed by atoms with Crippen LogP contribution in [0.3, 0.4) is 0 Å². The molecule has 0 aliphatic rings. The summed E-state index contributed by atoms with van der Waals surface area (Å²) >= 11 is 6.15. The summed E-state index contributed by atoms with van der Waals surface area (Å²) in [7, 11) is 3.62. The van der Waals surface area contributed by atoms with E-state index in [2.05, 4.69) is 10.3 Å². The van der Waals surface area contributed by atoms with Crippen LogP contribution in [0.1, 0.15) is 24.2 Å². The lowest BCUT2D eigenvalue weighted by atomic mass is 10.1. The first-order chi connectivity index (χ1) is 12.6. The van der Waals surface area contributed by atoms with Gasteiger partial charge in [-0.2, -0.15) is 0 Å². The number of nitrogens with one attached hydrogen (secondary N) is 1. The molecule has 0 saturated carbocycles. The fraction of sp³-hybridized carbons (Fsp3) is 0.350. The van der Waals surface area contributed by atoms with Gasteiger partial charge in [-0.25, -0.2) is 0 Å². The molecule has 0 amide bonds. The lowest BCUT2D eigenvalue weighted by Gasteiger charge is -2.23. The van der Waals surface area contributed by atoms with Crippen molar-refractivity contribution in [3.05, 3.63) is 64.7 Å². The van der Waals surface area contributed by atoms with Crippen molar-refractivity contribution in [3.63, 3.8) is 0 Å². The molecule has 140 valence electrons. The highest BCUT2D eigenvalue weighted by Crippen LogP contribution is 2.23. The van der Waals surface area contributed by atoms with Gasteiger partial charge >= 0.3 is 0 Å². The topological polar surface area (TPSA) is 57.1 Å². The van der Waals surface area contributed by atoms with Crippen LogP contribution in [-0.2, 0) is 6.54 Å². The summed E-state index contributed by atoms with van der Waals surface area (Å²) in [6.07, 6.45) is -0.753. The highest BCUT2D eigenvalue weighted by atomic mass is 35.5. The third kappa shape index (κ3) is 5.38. The van der Waals surface area contributed by atoms with Crippen LogP contribution in [0.5, 0.6) is 5.75 Å². The van der Waals surface area contributed by atoms with Crippen LogP contribution in [-0.4, -0.2) is 43.2 Å². The Labute approximate surface area is 160 Å². The maximum Gasteiger partial charge on any atom is 0.194 e. The van der Waals surface area contributed by atoms with Gasteiger partial charge in [0.25, 0.3) is 0 Å². The number of hydrogen-bond acceptors (Lipinski definition) is 3. The van der Waals surface area contributed by atoms with Crippen LogP contribution in [0, 0.1) is 0 Å². The summed E-state index contributed by atoms with van der Waals surface area (Å²) in [6, 6.07) is 15.2. The molecular weight excluding hydrogens is 350 g/mol. The third-order valence-electron chi connectivity index (χ3n) is 3.97. The molecule has 2 aromatic carbocycles. The zero-order chi connectivity index (χ0) is 18.9. The fourth-order valence-electron chi connectivity index (χ4n) is 2.65. The SMILES string of the molecule is CCNC(=NCC(O)c1ccccc1Cl)N(C)Cc1ccccc1OC. The summed E-state index contributed by atoms with van der Waals surface area (Å²) in [6.45, 7) is 3.61. The molecule has 0 heterocycles. The first kappa shape index (κ1) is 20.1. The van der Waals surface area contributed by atoms with Gasteiger partial charge in [0.05, 0.1) is 13.7 Å². The Kier molecular flexibility index (Phi) is 7.75. The van der Waals surface area contributed by atoms with E-state index in [0.717, 1.165) is 17.9 Å². The Balaban J connectivity index is 2.11. The van der Waals surface area contributed by atoms with E-state index in [1.54, 1.807) is 13.2 Å². The molecule has 1 unspecified atom stereocenters. The van der Waals surface area contributed by atoms with Crippen molar-refractivity contribution in [2.75, 3.05) is 27.2 Å². The smallest absolute Gasteiger partial charge is 0.194 e. The Bertz CT molecular complexity index is 737. The van der Waals surface area contributed by atoms with Gasteiger partial charge in [-0.3, -0.25) is 4.99 Å². The van der Waals surface area contributed by atoms with Gasteiger partial charge in [0.1, 0.15) is 11.9 Å². The second-order valence-electron chi connectivity index (χ2n) is 5.90. The van der Waals surface area contributed by atoms with Crippen LogP contribution in [0.15, 0.2) is 53.5 Å². The molecule has 5 nitrogen and oxygen atoms in total. The highest BCUT2D eigenvalue weighted by Gasteiger charge is 2.13. The number of rotatable bonds is 7. The Morgan fingerprint density at radius 2 is 1.92 bits per heavy atom. The Morgan fingerprint density at radius 3 is 2.62 bits per heavy atom. The van der Waals surface area contributed by atoms with Crippen LogP contribution in [0.2, 0.25) is 5.02 Å². The van der Waals surface area contributed by atoms with Gasteiger partial charge in [0.15, 0.2) is 5.96 Å². The van der Waals surface area contributed by atoms with Gasteiger partial charge in [0.2, 0.25) is 0 Å². The van der Waals surface area contributed by atoms with Gasteiger partial charge < -0.3 is 20.1 Å². The minimum Gasteiger partial charge on any atom is -0.496 e. The van der Waals surface area contributed by atoms with Crippen molar-refractivity contribution in [1.82, 2.24) is 10.2 Å². The summed E-state index contributed by atoms with van der Waals surface area (Å²) < 4.78 is 5.41. The largest absolute Gasteiger partial charge is 0.496 e. The molecule has 0 radical (unpaired) electrons. The Morgan fingerprint density at radius 1 is 1.23 bits per heavy atom. The molecule has 0 bridgehead atoms. The average Bonchev–Trinajstić information content (AvgIpc) is 2.65. The standard InChI is InChI=1S/C20H26ClN3O2/c1-4-22-20(23-13-18(25)16-10-6-7-11-17(16)21)24(2)14-15-9-5-8-12-19(15)26-3/h5-12,18,25H,4,13-14H2,1-3H3,(H,22,23). The molecular formula is C20H26ClN3O2. The number of hydrogen-bond donors (Lipinski definition) is 2. The molecule has 2 N–H and O–H groups in total. The van der Waals surface area contributed by atoms with Gasteiger partial charge in [-0.1, -0.05) is 48.0 Å². The number of halogens is 1. The monoisotopic (exact) mass is 375 g/mol. The second kappa shape index (κ2) is 10.0. The lowest BCUT2D eigenvalue weighted by Crippen LogP contribution is -2.38. The van der Waals surface area contributed by atoms with Crippen molar-refractivity contribution in [2.45, 2.75) is 19.6 Å². The fourth-order valence-corrected chi connectivity index (χ4v) is 2.91. The first-order valence-electron chi connectivity index (χ1n) is 8.60.